The number of carbonyl (C=O) groups excluding carboxylic acids is 1. The summed E-state index contributed by atoms with van der Waals surface area (Å²) < 4.78 is 1.49. The highest BCUT2D eigenvalue weighted by Crippen LogP contribution is 2.31. The second-order valence-corrected chi connectivity index (χ2v) is 5.32. The van der Waals surface area contributed by atoms with E-state index in [1.807, 2.05) is 29.7 Å². The lowest BCUT2D eigenvalue weighted by Gasteiger charge is -1.97. The number of rotatable bonds is 2. The highest BCUT2D eigenvalue weighted by molar-refractivity contribution is 8.01. The molecule has 0 amide bonds. The van der Waals surface area contributed by atoms with Crippen molar-refractivity contribution in [3.63, 3.8) is 0 Å². The highest BCUT2D eigenvalue weighted by atomic mass is 32.2. The van der Waals surface area contributed by atoms with Gasteiger partial charge in [0.15, 0.2) is 5.16 Å². The van der Waals surface area contributed by atoms with Gasteiger partial charge in [0, 0.05) is 4.88 Å². The number of nitrogens with zero attached hydrogens (tertiary/aromatic N) is 3. The van der Waals surface area contributed by atoms with Gasteiger partial charge in [0.1, 0.15) is 11.6 Å². The topological polar surface area (TPSA) is 47.8 Å². The highest BCUT2D eigenvalue weighted by Gasteiger charge is 2.30. The summed E-state index contributed by atoms with van der Waals surface area (Å²) in [7, 11) is 0. The van der Waals surface area contributed by atoms with Crippen molar-refractivity contribution in [3.05, 3.63) is 34.8 Å². The van der Waals surface area contributed by atoms with Gasteiger partial charge < -0.3 is 0 Å². The minimum atomic E-state index is -0.174. The predicted molar refractivity (Wildman–Crippen MR) is 63.6 cm³/mol. The largest absolute Gasteiger partial charge is 0.272 e. The van der Waals surface area contributed by atoms with Crippen LogP contribution in [0.5, 0.6) is 0 Å². The molecule has 2 aromatic heterocycles. The van der Waals surface area contributed by atoms with Gasteiger partial charge in [-0.3, -0.25) is 4.79 Å². The molecular formula is C10H7N3OS2. The number of hydrogen-bond acceptors (Lipinski definition) is 5. The van der Waals surface area contributed by atoms with Crippen LogP contribution in [-0.4, -0.2) is 25.9 Å². The lowest BCUT2D eigenvalue weighted by Crippen LogP contribution is -2.14. The van der Waals surface area contributed by atoms with Crippen molar-refractivity contribution in [3.8, 4) is 0 Å². The first-order chi connectivity index (χ1) is 7.84. The molecule has 0 saturated carbocycles. The van der Waals surface area contributed by atoms with Crippen molar-refractivity contribution in [2.75, 3.05) is 0 Å². The van der Waals surface area contributed by atoms with Crippen LogP contribution < -0.4 is 0 Å². The molecule has 2 aromatic rings. The molecule has 1 aliphatic heterocycles. The standard InChI is InChI=1S/C10H7N3OS2/c14-9-8(4-3-7-2-1-5-15-7)16-10-12-11-6-13(9)10/h1-6,8H/b4-3-. The van der Waals surface area contributed by atoms with Gasteiger partial charge in [-0.25, -0.2) is 4.57 Å². The van der Waals surface area contributed by atoms with Gasteiger partial charge in [-0.15, -0.1) is 21.5 Å². The van der Waals surface area contributed by atoms with Gasteiger partial charge in [-0.2, -0.15) is 0 Å². The third kappa shape index (κ3) is 1.60. The van der Waals surface area contributed by atoms with Crippen molar-refractivity contribution in [2.45, 2.75) is 10.4 Å². The Morgan fingerprint density at radius 3 is 3.19 bits per heavy atom. The van der Waals surface area contributed by atoms with Gasteiger partial charge in [-0.1, -0.05) is 23.9 Å². The number of fused-ring (bicyclic) bond motifs is 1. The molecule has 4 nitrogen and oxygen atoms in total. The molecule has 0 fully saturated rings. The van der Waals surface area contributed by atoms with Crippen molar-refractivity contribution in [2.24, 2.45) is 0 Å². The van der Waals surface area contributed by atoms with E-state index in [4.69, 9.17) is 0 Å². The van der Waals surface area contributed by atoms with E-state index in [1.54, 1.807) is 11.3 Å². The Kier molecular flexibility index (Phi) is 2.37. The number of thioether (sulfide) groups is 1. The summed E-state index contributed by atoms with van der Waals surface area (Å²) >= 11 is 3.08. The summed E-state index contributed by atoms with van der Waals surface area (Å²) in [5.41, 5.74) is 0. The van der Waals surface area contributed by atoms with Gasteiger partial charge in [-0.05, 0) is 17.5 Å². The molecule has 0 spiro atoms. The van der Waals surface area contributed by atoms with E-state index < -0.39 is 0 Å². The molecule has 1 atom stereocenters. The molecule has 3 heterocycles. The molecule has 16 heavy (non-hydrogen) atoms. The van der Waals surface area contributed by atoms with Crippen LogP contribution in [0.15, 0.2) is 35.1 Å². The molecule has 3 rings (SSSR count). The Morgan fingerprint density at radius 1 is 1.50 bits per heavy atom. The summed E-state index contributed by atoms with van der Waals surface area (Å²) in [4.78, 5) is 13.0. The van der Waals surface area contributed by atoms with Crippen molar-refractivity contribution >= 4 is 35.1 Å². The van der Waals surface area contributed by atoms with E-state index >= 15 is 0 Å². The van der Waals surface area contributed by atoms with Crippen LogP contribution in [0.25, 0.3) is 6.08 Å². The van der Waals surface area contributed by atoms with Crippen LogP contribution in [0.4, 0.5) is 0 Å². The maximum Gasteiger partial charge on any atom is 0.251 e. The molecule has 0 radical (unpaired) electrons. The SMILES string of the molecule is O=C1C(/C=C\c2cccs2)Sc2nncn21. The lowest BCUT2D eigenvalue weighted by atomic mass is 10.3. The summed E-state index contributed by atoms with van der Waals surface area (Å²) in [5, 5.41) is 10.1. The van der Waals surface area contributed by atoms with Crippen molar-refractivity contribution < 1.29 is 4.79 Å². The molecule has 80 valence electrons. The maximum absolute atomic E-state index is 11.8. The lowest BCUT2D eigenvalue weighted by molar-refractivity contribution is 0.0921. The Bertz CT molecular complexity index is 544. The second-order valence-electron chi connectivity index (χ2n) is 3.23. The molecule has 1 unspecified atom stereocenters. The maximum atomic E-state index is 11.8. The van der Waals surface area contributed by atoms with Gasteiger partial charge >= 0.3 is 0 Å². The number of aromatic nitrogens is 3. The third-order valence-corrected chi connectivity index (χ3v) is 4.15. The fourth-order valence-electron chi connectivity index (χ4n) is 1.45. The van der Waals surface area contributed by atoms with E-state index in [0.29, 0.717) is 5.16 Å². The van der Waals surface area contributed by atoms with Gasteiger partial charge in [0.05, 0.1) is 0 Å². The fraction of sp³-hybridized carbons (Fsp3) is 0.100. The van der Waals surface area contributed by atoms with E-state index in [-0.39, 0.29) is 11.2 Å². The zero-order valence-electron chi connectivity index (χ0n) is 8.11. The molecular weight excluding hydrogens is 242 g/mol. The minimum Gasteiger partial charge on any atom is -0.272 e. The average Bonchev–Trinajstić information content (AvgIpc) is 2.96. The number of carbonyl (C=O) groups is 1. The van der Waals surface area contributed by atoms with Crippen LogP contribution in [-0.2, 0) is 0 Å². The van der Waals surface area contributed by atoms with Crippen molar-refractivity contribution in [1.29, 1.82) is 0 Å². The first kappa shape index (κ1) is 9.80. The molecule has 0 bridgehead atoms. The smallest absolute Gasteiger partial charge is 0.251 e. The van der Waals surface area contributed by atoms with E-state index in [0.717, 1.165) is 4.88 Å². The average molecular weight is 249 g/mol. The molecule has 0 saturated heterocycles. The number of hydrogen-bond donors (Lipinski definition) is 0. The Morgan fingerprint density at radius 2 is 2.44 bits per heavy atom. The third-order valence-electron chi connectivity index (χ3n) is 2.21. The van der Waals surface area contributed by atoms with Crippen LogP contribution in [0, 0.1) is 0 Å². The Balaban J connectivity index is 1.80. The van der Waals surface area contributed by atoms with E-state index in [2.05, 4.69) is 10.2 Å². The second kappa shape index (κ2) is 3.88. The summed E-state index contributed by atoms with van der Waals surface area (Å²) in [6, 6.07) is 4.01. The molecule has 0 aliphatic carbocycles. The van der Waals surface area contributed by atoms with Crippen LogP contribution in [0.2, 0.25) is 0 Å². The summed E-state index contributed by atoms with van der Waals surface area (Å²) in [5.74, 6) is 0.0257. The molecule has 0 aromatic carbocycles. The zero-order valence-corrected chi connectivity index (χ0v) is 9.74. The quantitative estimate of drug-likeness (QED) is 0.818. The Hall–Kier alpha value is -1.40. The van der Waals surface area contributed by atoms with Crippen LogP contribution in [0.3, 0.4) is 0 Å². The first-order valence-corrected chi connectivity index (χ1v) is 6.43. The first-order valence-electron chi connectivity index (χ1n) is 4.67. The zero-order chi connectivity index (χ0) is 11.0. The Labute approximate surface area is 100 Å². The fourth-order valence-corrected chi connectivity index (χ4v) is 3.02. The monoisotopic (exact) mass is 249 g/mol. The van der Waals surface area contributed by atoms with E-state index in [9.17, 15) is 4.79 Å². The summed E-state index contributed by atoms with van der Waals surface area (Å²) in [6.45, 7) is 0. The van der Waals surface area contributed by atoms with Gasteiger partial charge in [0.2, 0.25) is 0 Å². The minimum absolute atomic E-state index is 0.0257. The normalized spacial score (nSPS) is 19.5. The number of thiophene rings is 1. The van der Waals surface area contributed by atoms with Gasteiger partial charge in [0.25, 0.3) is 5.91 Å². The summed E-state index contributed by atoms with van der Waals surface area (Å²) in [6.07, 6.45) is 5.34. The van der Waals surface area contributed by atoms with E-state index in [1.165, 1.54) is 22.7 Å². The van der Waals surface area contributed by atoms with Crippen LogP contribution >= 0.6 is 23.1 Å². The van der Waals surface area contributed by atoms with Crippen molar-refractivity contribution in [1.82, 2.24) is 14.8 Å². The van der Waals surface area contributed by atoms with Crippen LogP contribution in [0.1, 0.15) is 9.67 Å². The molecule has 1 aliphatic rings. The predicted octanol–water partition coefficient (Wildman–Crippen LogP) is 2.17. The molecule has 6 heteroatoms. The molecule has 0 N–H and O–H groups in total.